The number of aryl methyl sites for hydroxylation is 2. The Kier molecular flexibility index (Phi) is 5.55. The standard InChI is InChI=1S/C21H22N2O3S2/c1-3-11-23-19(24)17-15-5-4-6-16(15)28-18(17)22-21(23)27-12-13-7-9-14(10-8-13)20(25)26-2/h7-10H,3-6,11-12H2,1-2H3. The number of aromatic nitrogens is 2. The molecule has 1 aliphatic rings. The molecule has 5 nitrogen and oxygen atoms in total. The lowest BCUT2D eigenvalue weighted by Crippen LogP contribution is -2.23. The number of thioether (sulfide) groups is 1. The van der Waals surface area contributed by atoms with Gasteiger partial charge in [0.2, 0.25) is 0 Å². The first-order valence-corrected chi connectivity index (χ1v) is 11.3. The molecule has 0 fully saturated rings. The molecule has 0 saturated carbocycles. The van der Waals surface area contributed by atoms with Gasteiger partial charge in [-0.1, -0.05) is 30.8 Å². The van der Waals surface area contributed by atoms with Gasteiger partial charge in [-0.2, -0.15) is 0 Å². The molecule has 3 aromatic rings. The van der Waals surface area contributed by atoms with Crippen LogP contribution < -0.4 is 5.56 Å². The second-order valence-electron chi connectivity index (χ2n) is 6.87. The first-order valence-electron chi connectivity index (χ1n) is 9.47. The van der Waals surface area contributed by atoms with E-state index in [0.717, 1.165) is 46.6 Å². The van der Waals surface area contributed by atoms with Crippen molar-refractivity contribution in [2.24, 2.45) is 0 Å². The number of fused-ring (bicyclic) bond motifs is 3. The summed E-state index contributed by atoms with van der Waals surface area (Å²) in [6, 6.07) is 7.36. The zero-order chi connectivity index (χ0) is 19.7. The minimum atomic E-state index is -0.339. The number of esters is 1. The molecule has 2 aromatic heterocycles. The van der Waals surface area contributed by atoms with Crippen molar-refractivity contribution in [2.45, 2.75) is 50.1 Å². The van der Waals surface area contributed by atoms with Gasteiger partial charge in [0.1, 0.15) is 4.83 Å². The van der Waals surface area contributed by atoms with E-state index in [2.05, 4.69) is 6.92 Å². The number of rotatable bonds is 6. The first kappa shape index (κ1) is 19.2. The fourth-order valence-corrected chi connectivity index (χ4v) is 5.88. The van der Waals surface area contributed by atoms with Gasteiger partial charge in [-0.3, -0.25) is 9.36 Å². The van der Waals surface area contributed by atoms with Crippen molar-refractivity contribution >= 4 is 39.3 Å². The third kappa shape index (κ3) is 3.49. The Morgan fingerprint density at radius 2 is 2.07 bits per heavy atom. The van der Waals surface area contributed by atoms with Gasteiger partial charge in [-0.25, -0.2) is 9.78 Å². The summed E-state index contributed by atoms with van der Waals surface area (Å²) in [6.45, 7) is 2.75. The summed E-state index contributed by atoms with van der Waals surface area (Å²) in [5.74, 6) is 0.350. The average Bonchev–Trinajstić information content (AvgIpc) is 3.29. The molecule has 28 heavy (non-hydrogen) atoms. The van der Waals surface area contributed by atoms with E-state index in [1.807, 2.05) is 16.7 Å². The Labute approximate surface area is 171 Å². The largest absolute Gasteiger partial charge is 0.465 e. The summed E-state index contributed by atoms with van der Waals surface area (Å²) in [6.07, 6.45) is 4.10. The fraction of sp³-hybridized carbons (Fsp3) is 0.381. The van der Waals surface area contributed by atoms with Gasteiger partial charge < -0.3 is 4.74 Å². The molecule has 4 rings (SSSR count). The SMILES string of the molecule is CCCn1c(SCc2ccc(C(=O)OC)cc2)nc2sc3c(c2c1=O)CCC3. The molecule has 146 valence electrons. The van der Waals surface area contributed by atoms with E-state index in [0.29, 0.717) is 17.9 Å². The summed E-state index contributed by atoms with van der Waals surface area (Å²) in [5, 5.41) is 1.62. The molecule has 0 unspecified atom stereocenters. The molecule has 0 aliphatic heterocycles. The third-order valence-corrected chi connectivity index (χ3v) is 7.21. The Bertz CT molecular complexity index is 1080. The number of benzene rings is 1. The number of ether oxygens (including phenoxy) is 1. The molecular formula is C21H22N2O3S2. The predicted molar refractivity (Wildman–Crippen MR) is 114 cm³/mol. The molecule has 0 spiro atoms. The van der Waals surface area contributed by atoms with E-state index in [4.69, 9.17) is 9.72 Å². The number of carbonyl (C=O) groups excluding carboxylic acids is 1. The van der Waals surface area contributed by atoms with E-state index < -0.39 is 0 Å². The van der Waals surface area contributed by atoms with Crippen molar-refractivity contribution in [1.82, 2.24) is 9.55 Å². The Balaban J connectivity index is 1.63. The van der Waals surface area contributed by atoms with Gasteiger partial charge >= 0.3 is 5.97 Å². The molecule has 0 atom stereocenters. The van der Waals surface area contributed by atoms with Crippen LogP contribution in [-0.2, 0) is 29.9 Å². The number of hydrogen-bond donors (Lipinski definition) is 0. The molecule has 7 heteroatoms. The summed E-state index contributed by atoms with van der Waals surface area (Å²) < 4.78 is 6.57. The van der Waals surface area contributed by atoms with Gasteiger partial charge in [0.25, 0.3) is 5.56 Å². The van der Waals surface area contributed by atoms with Crippen LogP contribution >= 0.6 is 23.1 Å². The van der Waals surface area contributed by atoms with Crippen LogP contribution in [0.2, 0.25) is 0 Å². The van der Waals surface area contributed by atoms with Crippen LogP contribution in [0.3, 0.4) is 0 Å². The lowest BCUT2D eigenvalue weighted by atomic mass is 10.1. The first-order chi connectivity index (χ1) is 13.6. The molecule has 0 radical (unpaired) electrons. The summed E-state index contributed by atoms with van der Waals surface area (Å²) in [5.41, 5.74) is 2.95. The van der Waals surface area contributed by atoms with E-state index >= 15 is 0 Å². The van der Waals surface area contributed by atoms with Gasteiger partial charge in [-0.15, -0.1) is 11.3 Å². The van der Waals surface area contributed by atoms with Crippen molar-refractivity contribution in [3.63, 3.8) is 0 Å². The van der Waals surface area contributed by atoms with Gasteiger partial charge in [-0.05, 0) is 48.9 Å². The van der Waals surface area contributed by atoms with E-state index in [9.17, 15) is 9.59 Å². The van der Waals surface area contributed by atoms with Crippen LogP contribution in [-0.4, -0.2) is 22.6 Å². The van der Waals surface area contributed by atoms with Gasteiger partial charge in [0, 0.05) is 17.2 Å². The summed E-state index contributed by atoms with van der Waals surface area (Å²) in [7, 11) is 1.38. The highest BCUT2D eigenvalue weighted by Crippen LogP contribution is 2.36. The van der Waals surface area contributed by atoms with E-state index in [1.54, 1.807) is 35.2 Å². The maximum absolute atomic E-state index is 13.2. The second-order valence-corrected chi connectivity index (χ2v) is 8.89. The van der Waals surface area contributed by atoms with Crippen molar-refractivity contribution in [3.8, 4) is 0 Å². The molecule has 1 aromatic carbocycles. The van der Waals surface area contributed by atoms with Crippen molar-refractivity contribution < 1.29 is 9.53 Å². The average molecular weight is 415 g/mol. The lowest BCUT2D eigenvalue weighted by molar-refractivity contribution is 0.0600. The van der Waals surface area contributed by atoms with Crippen LogP contribution in [0.1, 0.15) is 46.1 Å². The third-order valence-electron chi connectivity index (χ3n) is 4.98. The molecular weight excluding hydrogens is 392 g/mol. The van der Waals surface area contributed by atoms with Gasteiger partial charge in [0.05, 0.1) is 18.1 Å². The van der Waals surface area contributed by atoms with Crippen LogP contribution in [0.15, 0.2) is 34.2 Å². The molecule has 1 aliphatic carbocycles. The highest BCUT2D eigenvalue weighted by atomic mass is 32.2. The molecule has 0 bridgehead atoms. The van der Waals surface area contributed by atoms with Crippen molar-refractivity contribution in [2.75, 3.05) is 7.11 Å². The number of carbonyl (C=O) groups is 1. The monoisotopic (exact) mass is 414 g/mol. The zero-order valence-electron chi connectivity index (χ0n) is 16.0. The Morgan fingerprint density at radius 3 is 2.79 bits per heavy atom. The highest BCUT2D eigenvalue weighted by Gasteiger charge is 2.23. The number of methoxy groups -OCH3 is 1. The minimum Gasteiger partial charge on any atom is -0.465 e. The number of hydrogen-bond acceptors (Lipinski definition) is 6. The maximum atomic E-state index is 13.2. The van der Waals surface area contributed by atoms with Crippen molar-refractivity contribution in [3.05, 3.63) is 56.2 Å². The van der Waals surface area contributed by atoms with Crippen LogP contribution in [0.4, 0.5) is 0 Å². The Hall–Kier alpha value is -2.12. The van der Waals surface area contributed by atoms with E-state index in [1.165, 1.54) is 17.6 Å². The Morgan fingerprint density at radius 1 is 1.29 bits per heavy atom. The predicted octanol–water partition coefficient (Wildman–Crippen LogP) is 4.44. The van der Waals surface area contributed by atoms with Crippen LogP contribution in [0.5, 0.6) is 0 Å². The molecule has 0 N–H and O–H groups in total. The minimum absolute atomic E-state index is 0.106. The number of thiophene rings is 1. The molecule has 0 amide bonds. The molecule has 0 saturated heterocycles. The smallest absolute Gasteiger partial charge is 0.337 e. The quantitative estimate of drug-likeness (QED) is 0.339. The zero-order valence-corrected chi connectivity index (χ0v) is 17.6. The maximum Gasteiger partial charge on any atom is 0.337 e. The van der Waals surface area contributed by atoms with Crippen LogP contribution in [0, 0.1) is 0 Å². The lowest BCUT2D eigenvalue weighted by Gasteiger charge is -2.11. The topological polar surface area (TPSA) is 61.2 Å². The van der Waals surface area contributed by atoms with Crippen LogP contribution in [0.25, 0.3) is 10.2 Å². The number of nitrogens with zero attached hydrogens (tertiary/aromatic N) is 2. The molecule has 2 heterocycles. The van der Waals surface area contributed by atoms with Gasteiger partial charge in [0.15, 0.2) is 5.16 Å². The highest BCUT2D eigenvalue weighted by molar-refractivity contribution is 7.98. The summed E-state index contributed by atoms with van der Waals surface area (Å²) in [4.78, 5) is 31.8. The second kappa shape index (κ2) is 8.09. The van der Waals surface area contributed by atoms with E-state index in [-0.39, 0.29) is 11.5 Å². The summed E-state index contributed by atoms with van der Waals surface area (Å²) >= 11 is 3.25. The normalized spacial score (nSPS) is 13.1. The fourth-order valence-electron chi connectivity index (χ4n) is 3.59. The van der Waals surface area contributed by atoms with Crippen molar-refractivity contribution in [1.29, 1.82) is 0 Å².